The highest BCUT2D eigenvalue weighted by Gasteiger charge is 2.24. The van der Waals surface area contributed by atoms with Crippen LogP contribution in [0.15, 0.2) is 29.2 Å². The lowest BCUT2D eigenvalue weighted by Gasteiger charge is -2.20. The number of hydrogen-bond acceptors (Lipinski definition) is 4. The van der Waals surface area contributed by atoms with Crippen LogP contribution in [0.5, 0.6) is 0 Å². The summed E-state index contributed by atoms with van der Waals surface area (Å²) in [5, 5.41) is 0. The van der Waals surface area contributed by atoms with Crippen LogP contribution in [0.1, 0.15) is 19.4 Å². The van der Waals surface area contributed by atoms with Crippen molar-refractivity contribution in [3.8, 4) is 0 Å². The van der Waals surface area contributed by atoms with Crippen LogP contribution in [0.4, 0.5) is 0 Å². The molecule has 20 heavy (non-hydrogen) atoms. The first-order valence-corrected chi connectivity index (χ1v) is 8.75. The van der Waals surface area contributed by atoms with Crippen molar-refractivity contribution in [1.29, 1.82) is 0 Å². The molecule has 0 N–H and O–H groups in total. The molecule has 1 aliphatic heterocycles. The van der Waals surface area contributed by atoms with Crippen molar-refractivity contribution in [1.82, 2.24) is 4.90 Å². The van der Waals surface area contributed by atoms with Crippen LogP contribution in [0.2, 0.25) is 0 Å². The van der Waals surface area contributed by atoms with Crippen molar-refractivity contribution >= 4 is 9.84 Å². The number of hydrogen-bond donors (Lipinski definition) is 0. The molecule has 0 aromatic heterocycles. The molecule has 1 heterocycles. The molecule has 0 saturated carbocycles. The maximum atomic E-state index is 12.2. The van der Waals surface area contributed by atoms with Crippen molar-refractivity contribution in [2.75, 3.05) is 32.1 Å². The van der Waals surface area contributed by atoms with Crippen LogP contribution in [-0.4, -0.2) is 45.4 Å². The first-order chi connectivity index (χ1) is 9.49. The van der Waals surface area contributed by atoms with Gasteiger partial charge in [0.25, 0.3) is 0 Å². The minimum atomic E-state index is -3.14. The van der Waals surface area contributed by atoms with Gasteiger partial charge in [0.2, 0.25) is 0 Å². The van der Waals surface area contributed by atoms with Gasteiger partial charge in [-0.05, 0) is 17.5 Å². The summed E-state index contributed by atoms with van der Waals surface area (Å²) in [6, 6.07) is 7.30. The molecule has 0 amide bonds. The van der Waals surface area contributed by atoms with Crippen LogP contribution in [-0.2, 0) is 21.1 Å². The van der Waals surface area contributed by atoms with Crippen LogP contribution in [0.3, 0.4) is 0 Å². The van der Waals surface area contributed by atoms with Gasteiger partial charge in [-0.25, -0.2) is 8.42 Å². The van der Waals surface area contributed by atoms with Gasteiger partial charge in [0.15, 0.2) is 9.84 Å². The minimum absolute atomic E-state index is 0.189. The van der Waals surface area contributed by atoms with Crippen molar-refractivity contribution in [2.24, 2.45) is 5.92 Å². The summed E-state index contributed by atoms with van der Waals surface area (Å²) < 4.78 is 30.0. The van der Waals surface area contributed by atoms with Gasteiger partial charge < -0.3 is 4.74 Å². The van der Waals surface area contributed by atoms with Crippen LogP contribution in [0.25, 0.3) is 0 Å². The first-order valence-electron chi connectivity index (χ1n) is 7.10. The van der Waals surface area contributed by atoms with Crippen LogP contribution < -0.4 is 0 Å². The van der Waals surface area contributed by atoms with Crippen molar-refractivity contribution in [2.45, 2.75) is 25.3 Å². The Morgan fingerprint density at radius 3 is 2.80 bits per heavy atom. The Morgan fingerprint density at radius 1 is 1.30 bits per heavy atom. The van der Waals surface area contributed by atoms with Gasteiger partial charge in [0.05, 0.1) is 17.3 Å². The predicted molar refractivity (Wildman–Crippen MR) is 79.4 cm³/mol. The lowest BCUT2D eigenvalue weighted by molar-refractivity contribution is 0.0852. The van der Waals surface area contributed by atoms with Crippen LogP contribution in [0, 0.1) is 5.92 Å². The van der Waals surface area contributed by atoms with E-state index in [0.717, 1.165) is 18.7 Å². The fourth-order valence-electron chi connectivity index (χ4n) is 2.32. The van der Waals surface area contributed by atoms with E-state index in [1.807, 2.05) is 12.1 Å². The standard InChI is InChI=1S/C15H23NO3S/c1-13(2)12-19-9-7-16-8-10-20(17,18)15-6-4-3-5-14(15)11-16/h3-6,13H,7-12H2,1-2H3. The lowest BCUT2D eigenvalue weighted by atomic mass is 10.2. The molecule has 1 aliphatic rings. The molecular formula is C15H23NO3S. The van der Waals surface area contributed by atoms with Gasteiger partial charge in [0.1, 0.15) is 0 Å². The Hall–Kier alpha value is -0.910. The van der Waals surface area contributed by atoms with Crippen molar-refractivity contribution < 1.29 is 13.2 Å². The molecule has 1 aromatic carbocycles. The fourth-order valence-corrected chi connectivity index (χ4v) is 3.86. The molecular weight excluding hydrogens is 274 g/mol. The molecule has 0 atom stereocenters. The lowest BCUT2D eigenvalue weighted by Crippen LogP contribution is -2.29. The third kappa shape index (κ3) is 4.04. The summed E-state index contributed by atoms with van der Waals surface area (Å²) in [4.78, 5) is 2.65. The molecule has 2 rings (SSSR count). The minimum Gasteiger partial charge on any atom is -0.380 e. The zero-order valence-electron chi connectivity index (χ0n) is 12.2. The molecule has 0 spiro atoms. The molecule has 1 aromatic rings. The summed E-state index contributed by atoms with van der Waals surface area (Å²) in [7, 11) is -3.14. The number of nitrogens with zero attached hydrogens (tertiary/aromatic N) is 1. The van der Waals surface area contributed by atoms with E-state index in [1.165, 1.54) is 0 Å². The zero-order valence-corrected chi connectivity index (χ0v) is 13.0. The third-order valence-corrected chi connectivity index (χ3v) is 5.17. The van der Waals surface area contributed by atoms with E-state index in [0.29, 0.717) is 30.5 Å². The Kier molecular flexibility index (Phi) is 5.18. The maximum absolute atomic E-state index is 12.2. The Morgan fingerprint density at radius 2 is 2.05 bits per heavy atom. The highest BCUT2D eigenvalue weighted by molar-refractivity contribution is 7.91. The SMILES string of the molecule is CC(C)COCCN1CCS(=O)(=O)c2ccccc2C1. The van der Waals surface area contributed by atoms with E-state index < -0.39 is 9.84 Å². The molecule has 0 unspecified atom stereocenters. The highest BCUT2D eigenvalue weighted by atomic mass is 32.2. The highest BCUT2D eigenvalue weighted by Crippen LogP contribution is 2.22. The number of sulfone groups is 1. The normalized spacial score (nSPS) is 18.8. The molecule has 0 fully saturated rings. The average Bonchev–Trinajstić information content (AvgIpc) is 2.52. The van der Waals surface area contributed by atoms with Gasteiger partial charge in [-0.1, -0.05) is 32.0 Å². The second kappa shape index (κ2) is 6.70. The van der Waals surface area contributed by atoms with E-state index in [4.69, 9.17) is 4.74 Å². The van der Waals surface area contributed by atoms with Gasteiger partial charge in [0, 0.05) is 26.2 Å². The van der Waals surface area contributed by atoms with E-state index in [-0.39, 0.29) is 5.75 Å². The summed E-state index contributed by atoms with van der Waals surface area (Å²) in [5.74, 6) is 0.717. The number of rotatable bonds is 5. The Balaban J connectivity index is 1.99. The predicted octanol–water partition coefficient (Wildman–Crippen LogP) is 1.95. The fraction of sp³-hybridized carbons (Fsp3) is 0.600. The Labute approximate surface area is 121 Å². The summed E-state index contributed by atoms with van der Waals surface area (Å²) >= 11 is 0. The van der Waals surface area contributed by atoms with E-state index >= 15 is 0 Å². The smallest absolute Gasteiger partial charge is 0.179 e. The molecule has 0 aliphatic carbocycles. The number of ether oxygens (including phenoxy) is 1. The van der Waals surface area contributed by atoms with Gasteiger partial charge in [-0.3, -0.25) is 4.90 Å². The quantitative estimate of drug-likeness (QED) is 0.779. The largest absolute Gasteiger partial charge is 0.380 e. The van der Waals surface area contributed by atoms with E-state index in [9.17, 15) is 8.42 Å². The summed E-state index contributed by atoms with van der Waals surface area (Å²) in [5.41, 5.74) is 0.897. The Bertz CT molecular complexity index is 540. The first kappa shape index (κ1) is 15.5. The molecule has 112 valence electrons. The summed E-state index contributed by atoms with van der Waals surface area (Å²) in [6.07, 6.45) is 0. The van der Waals surface area contributed by atoms with Crippen molar-refractivity contribution in [3.63, 3.8) is 0 Å². The second-order valence-electron chi connectivity index (χ2n) is 5.67. The molecule has 5 heteroatoms. The van der Waals surface area contributed by atoms with E-state index in [1.54, 1.807) is 12.1 Å². The third-order valence-electron chi connectivity index (χ3n) is 3.38. The zero-order chi connectivity index (χ0) is 14.6. The molecule has 0 bridgehead atoms. The van der Waals surface area contributed by atoms with Crippen molar-refractivity contribution in [3.05, 3.63) is 29.8 Å². The summed E-state index contributed by atoms with van der Waals surface area (Å²) in [6.45, 7) is 7.67. The van der Waals surface area contributed by atoms with Crippen LogP contribution >= 0.6 is 0 Å². The van der Waals surface area contributed by atoms with E-state index in [2.05, 4.69) is 18.7 Å². The second-order valence-corrected chi connectivity index (χ2v) is 7.75. The molecule has 0 radical (unpaired) electrons. The monoisotopic (exact) mass is 297 g/mol. The van der Waals surface area contributed by atoms with Gasteiger partial charge in [-0.2, -0.15) is 0 Å². The number of benzene rings is 1. The maximum Gasteiger partial charge on any atom is 0.179 e. The molecule has 4 nitrogen and oxygen atoms in total. The van der Waals surface area contributed by atoms with Gasteiger partial charge in [-0.15, -0.1) is 0 Å². The van der Waals surface area contributed by atoms with Gasteiger partial charge >= 0.3 is 0 Å². The molecule has 0 saturated heterocycles. The topological polar surface area (TPSA) is 46.6 Å². The number of fused-ring (bicyclic) bond motifs is 1. The average molecular weight is 297 g/mol.